The minimum atomic E-state index is -0.516. The molecule has 106 valence electrons. The monoisotopic (exact) mass is 283 g/mol. The number of nitrogens with one attached hydrogen (secondary N) is 1. The molecule has 0 atom stereocenters. The summed E-state index contributed by atoms with van der Waals surface area (Å²) < 4.78 is 1.01. The first-order chi connectivity index (χ1) is 10.1. The number of Topliss-reactive ketones (excluding diaryl/α,β-unsaturated/α-hetero) is 1. The van der Waals surface area contributed by atoms with Crippen molar-refractivity contribution in [1.82, 2.24) is 9.55 Å². The van der Waals surface area contributed by atoms with Crippen LogP contribution in [0.15, 0.2) is 34.1 Å². The van der Waals surface area contributed by atoms with E-state index in [1.54, 1.807) is 12.3 Å². The van der Waals surface area contributed by atoms with E-state index in [4.69, 9.17) is 0 Å². The highest BCUT2D eigenvalue weighted by atomic mass is 16.3. The third-order valence-corrected chi connectivity index (χ3v) is 3.22. The molecule has 2 heterocycles. The van der Waals surface area contributed by atoms with Crippen LogP contribution in [0.4, 0.5) is 5.69 Å². The third kappa shape index (κ3) is 2.31. The topological polar surface area (TPSA) is 87.4 Å². The number of rotatable bonds is 3. The highest BCUT2D eigenvalue weighted by molar-refractivity contribution is 6.21. The summed E-state index contributed by atoms with van der Waals surface area (Å²) in [4.78, 5) is 29.7. The van der Waals surface area contributed by atoms with Crippen LogP contribution in [0.2, 0.25) is 0 Å². The molecule has 1 aromatic heterocycles. The number of benzene rings is 1. The summed E-state index contributed by atoms with van der Waals surface area (Å²) in [5, 5.41) is 10.1. The van der Waals surface area contributed by atoms with Gasteiger partial charge < -0.3 is 10.1 Å². The van der Waals surface area contributed by atoms with Crippen LogP contribution < -0.4 is 5.69 Å². The van der Waals surface area contributed by atoms with Gasteiger partial charge in [-0.1, -0.05) is 18.2 Å². The second-order valence-electron chi connectivity index (χ2n) is 4.83. The Hall–Kier alpha value is -2.89. The smallest absolute Gasteiger partial charge is 0.329 e. The van der Waals surface area contributed by atoms with Crippen molar-refractivity contribution in [2.24, 2.45) is 4.99 Å². The Morgan fingerprint density at radius 1 is 1.43 bits per heavy atom. The summed E-state index contributed by atoms with van der Waals surface area (Å²) in [6.45, 7) is 1.20. The van der Waals surface area contributed by atoms with E-state index in [0.717, 1.165) is 21.4 Å². The zero-order valence-electron chi connectivity index (χ0n) is 11.3. The van der Waals surface area contributed by atoms with Gasteiger partial charge in [-0.3, -0.25) is 14.4 Å². The first-order valence-corrected chi connectivity index (χ1v) is 6.42. The fourth-order valence-corrected chi connectivity index (χ4v) is 2.26. The molecule has 0 amide bonds. The Morgan fingerprint density at radius 3 is 2.95 bits per heavy atom. The number of imidazole rings is 1. The van der Waals surface area contributed by atoms with Crippen LogP contribution in [-0.2, 0) is 11.3 Å². The van der Waals surface area contributed by atoms with Gasteiger partial charge in [-0.2, -0.15) is 0 Å². The number of allylic oxidation sites excluding steroid dienone is 1. The summed E-state index contributed by atoms with van der Waals surface area (Å²) in [6, 6.07) is 7.58. The quantitative estimate of drug-likeness (QED) is 0.899. The predicted molar refractivity (Wildman–Crippen MR) is 79.9 cm³/mol. The molecule has 21 heavy (non-hydrogen) atoms. The van der Waals surface area contributed by atoms with Gasteiger partial charge in [0.2, 0.25) is 5.88 Å². The first kappa shape index (κ1) is 13.1. The number of hydrogen-bond donors (Lipinski definition) is 2. The standard InChI is InChI=1S/C15H13N3O3/c1-9(19)8-18-14(20)13(17-15(18)21)6-10-7-16-12-5-3-2-4-11(10)12/h2-7,20H,8H2,1H3,(H,17,21)/b10-6+. The molecule has 2 N–H and O–H groups in total. The van der Waals surface area contributed by atoms with Gasteiger partial charge in [-0.15, -0.1) is 0 Å². The lowest BCUT2D eigenvalue weighted by Crippen LogP contribution is -2.19. The van der Waals surface area contributed by atoms with Crippen molar-refractivity contribution >= 4 is 29.3 Å². The molecule has 0 radical (unpaired) electrons. The van der Waals surface area contributed by atoms with E-state index in [9.17, 15) is 14.7 Å². The van der Waals surface area contributed by atoms with E-state index in [1.807, 2.05) is 24.3 Å². The number of hydrogen-bond acceptors (Lipinski definition) is 4. The van der Waals surface area contributed by atoms with Gasteiger partial charge in [0, 0.05) is 17.4 Å². The minimum absolute atomic E-state index is 0.158. The number of carbonyl (C=O) groups is 1. The normalized spacial score (nSPS) is 14.6. The molecule has 6 nitrogen and oxygen atoms in total. The van der Waals surface area contributed by atoms with Crippen LogP contribution in [-0.4, -0.2) is 26.7 Å². The minimum Gasteiger partial charge on any atom is -0.493 e. The molecule has 0 unspecified atom stereocenters. The van der Waals surface area contributed by atoms with Crippen molar-refractivity contribution in [2.45, 2.75) is 13.5 Å². The van der Waals surface area contributed by atoms with Crippen LogP contribution in [0, 0.1) is 0 Å². The Kier molecular flexibility index (Phi) is 3.06. The maximum absolute atomic E-state index is 11.7. The van der Waals surface area contributed by atoms with Crippen LogP contribution in [0.3, 0.4) is 0 Å². The molecule has 1 aromatic carbocycles. The van der Waals surface area contributed by atoms with Crippen LogP contribution in [0.5, 0.6) is 5.88 Å². The summed E-state index contributed by atoms with van der Waals surface area (Å²) in [7, 11) is 0. The van der Waals surface area contributed by atoms with E-state index in [0.29, 0.717) is 0 Å². The largest absolute Gasteiger partial charge is 0.493 e. The van der Waals surface area contributed by atoms with Crippen molar-refractivity contribution in [3.8, 4) is 5.88 Å². The predicted octanol–water partition coefficient (Wildman–Crippen LogP) is 1.73. The second-order valence-corrected chi connectivity index (χ2v) is 4.83. The van der Waals surface area contributed by atoms with Gasteiger partial charge in [0.05, 0.1) is 12.2 Å². The summed E-state index contributed by atoms with van der Waals surface area (Å²) in [5.74, 6) is -0.459. The first-order valence-electron chi connectivity index (χ1n) is 6.42. The summed E-state index contributed by atoms with van der Waals surface area (Å²) >= 11 is 0. The Labute approximate surface area is 120 Å². The van der Waals surface area contributed by atoms with Crippen LogP contribution >= 0.6 is 0 Å². The average Bonchev–Trinajstić information content (AvgIpc) is 2.96. The SMILES string of the molecule is CC(=O)Cn1c(O)c(/C=C2\C=Nc3ccccc32)[nH]c1=O. The highest BCUT2D eigenvalue weighted by Gasteiger charge is 2.16. The number of aromatic amines is 1. The molecule has 0 bridgehead atoms. The number of fused-ring (bicyclic) bond motifs is 1. The number of H-pyrrole nitrogens is 1. The van der Waals surface area contributed by atoms with Gasteiger partial charge in [0.25, 0.3) is 0 Å². The lowest BCUT2D eigenvalue weighted by molar-refractivity contribution is -0.117. The maximum Gasteiger partial charge on any atom is 0.329 e. The summed E-state index contributed by atoms with van der Waals surface area (Å²) in [6.07, 6.45) is 3.31. The van der Waals surface area contributed by atoms with E-state index in [2.05, 4.69) is 9.98 Å². The number of aliphatic imine (C=N–C) groups is 1. The van der Waals surface area contributed by atoms with E-state index in [-0.39, 0.29) is 23.9 Å². The van der Waals surface area contributed by atoms with Gasteiger partial charge >= 0.3 is 5.69 Å². The van der Waals surface area contributed by atoms with Crippen LogP contribution in [0.25, 0.3) is 11.6 Å². The zero-order chi connectivity index (χ0) is 15.0. The molecule has 1 aliphatic rings. The van der Waals surface area contributed by atoms with Gasteiger partial charge in [-0.25, -0.2) is 4.79 Å². The molecule has 3 rings (SSSR count). The Morgan fingerprint density at radius 2 is 2.19 bits per heavy atom. The molecule has 6 heteroatoms. The number of carbonyl (C=O) groups excluding carboxylic acids is 1. The highest BCUT2D eigenvalue weighted by Crippen LogP contribution is 2.32. The van der Waals surface area contributed by atoms with Crippen molar-refractivity contribution < 1.29 is 9.90 Å². The molecule has 0 saturated carbocycles. The maximum atomic E-state index is 11.7. The lowest BCUT2D eigenvalue weighted by Gasteiger charge is -2.00. The molecule has 0 fully saturated rings. The van der Waals surface area contributed by atoms with Gasteiger partial charge in [-0.05, 0) is 19.1 Å². The molecular formula is C15H13N3O3. The van der Waals surface area contributed by atoms with Crippen molar-refractivity contribution in [2.75, 3.05) is 0 Å². The summed E-state index contributed by atoms with van der Waals surface area (Å²) in [5.41, 5.74) is 2.31. The van der Waals surface area contributed by atoms with E-state index < -0.39 is 5.69 Å². The zero-order valence-corrected chi connectivity index (χ0v) is 11.3. The molecule has 0 saturated heterocycles. The lowest BCUT2D eigenvalue weighted by atomic mass is 10.1. The molecule has 0 spiro atoms. The van der Waals surface area contributed by atoms with E-state index in [1.165, 1.54) is 6.92 Å². The Bertz CT molecular complexity index is 840. The fraction of sp³-hybridized carbons (Fsp3) is 0.133. The number of aromatic nitrogens is 2. The van der Waals surface area contributed by atoms with Crippen molar-refractivity contribution in [3.05, 3.63) is 46.0 Å². The fourth-order valence-electron chi connectivity index (χ4n) is 2.26. The number of para-hydroxylation sites is 1. The van der Waals surface area contributed by atoms with Crippen LogP contribution in [0.1, 0.15) is 18.2 Å². The molecule has 0 aliphatic carbocycles. The third-order valence-electron chi connectivity index (χ3n) is 3.22. The molecular weight excluding hydrogens is 270 g/mol. The molecule has 2 aromatic rings. The van der Waals surface area contributed by atoms with Crippen molar-refractivity contribution in [3.63, 3.8) is 0 Å². The number of aromatic hydroxyl groups is 1. The number of ketones is 1. The second kappa shape index (κ2) is 4.90. The van der Waals surface area contributed by atoms with Gasteiger partial charge in [0.15, 0.2) is 0 Å². The Balaban J connectivity index is 2.04. The molecule has 1 aliphatic heterocycles. The number of nitrogens with zero attached hydrogens (tertiary/aromatic N) is 2. The van der Waals surface area contributed by atoms with E-state index >= 15 is 0 Å². The van der Waals surface area contributed by atoms with Crippen molar-refractivity contribution in [1.29, 1.82) is 0 Å². The average molecular weight is 283 g/mol. The van der Waals surface area contributed by atoms with Gasteiger partial charge in [0.1, 0.15) is 11.5 Å².